The summed E-state index contributed by atoms with van der Waals surface area (Å²) < 4.78 is 0. The van der Waals surface area contributed by atoms with Crippen molar-refractivity contribution in [2.24, 2.45) is 0 Å². The summed E-state index contributed by atoms with van der Waals surface area (Å²) in [6, 6.07) is 3.87. The van der Waals surface area contributed by atoms with Gasteiger partial charge in [0, 0.05) is 12.4 Å². The highest BCUT2D eigenvalue weighted by molar-refractivity contribution is 7.19. The van der Waals surface area contributed by atoms with E-state index in [2.05, 4.69) is 13.8 Å². The molecule has 1 aromatic heterocycles. The molecule has 1 aromatic rings. The van der Waals surface area contributed by atoms with Gasteiger partial charge in [-0.05, 0) is 17.4 Å². The van der Waals surface area contributed by atoms with Crippen LogP contribution < -0.4 is 0 Å². The standard InChI is InChI=1S/C6H6NP/c8-5-6-2-1-3-7-4-6/h1-5,8H. The van der Waals surface area contributed by atoms with Crippen LogP contribution in [0.4, 0.5) is 0 Å². The van der Waals surface area contributed by atoms with Crippen molar-refractivity contribution < 1.29 is 0 Å². The van der Waals surface area contributed by atoms with Crippen molar-refractivity contribution in [2.45, 2.75) is 0 Å². The molecule has 0 N–H and O–H groups in total. The van der Waals surface area contributed by atoms with Crippen molar-refractivity contribution in [3.8, 4) is 0 Å². The van der Waals surface area contributed by atoms with Crippen molar-refractivity contribution in [1.29, 1.82) is 0 Å². The van der Waals surface area contributed by atoms with Gasteiger partial charge in [-0.15, -0.1) is 8.86 Å². The van der Waals surface area contributed by atoms with Gasteiger partial charge in [0.05, 0.1) is 0 Å². The molecule has 1 rings (SSSR count). The van der Waals surface area contributed by atoms with Gasteiger partial charge in [0.2, 0.25) is 0 Å². The molecule has 0 spiro atoms. The van der Waals surface area contributed by atoms with Gasteiger partial charge in [0.15, 0.2) is 0 Å². The Morgan fingerprint density at radius 2 is 2.50 bits per heavy atom. The Bertz CT molecular complexity index is 171. The molecule has 1 nitrogen and oxygen atoms in total. The van der Waals surface area contributed by atoms with Crippen LogP contribution in [0.2, 0.25) is 0 Å². The number of nitrogens with zero attached hydrogens (tertiary/aromatic N) is 1. The van der Waals surface area contributed by atoms with Crippen LogP contribution in [0.15, 0.2) is 24.5 Å². The van der Waals surface area contributed by atoms with Gasteiger partial charge in [-0.2, -0.15) is 0 Å². The Hall–Kier alpha value is -0.680. The van der Waals surface area contributed by atoms with E-state index in [0.717, 1.165) is 5.56 Å². The summed E-state index contributed by atoms with van der Waals surface area (Å²) in [5.41, 5.74) is 1.09. The molecule has 8 heavy (non-hydrogen) atoms. The number of hydrogen-bond donors (Lipinski definition) is 0. The van der Waals surface area contributed by atoms with Gasteiger partial charge < -0.3 is 0 Å². The minimum Gasteiger partial charge on any atom is -0.264 e. The van der Waals surface area contributed by atoms with Gasteiger partial charge in [-0.25, -0.2) is 0 Å². The monoisotopic (exact) mass is 123 g/mol. The van der Waals surface area contributed by atoms with E-state index < -0.39 is 0 Å². The Labute approximate surface area is 50.6 Å². The average molecular weight is 123 g/mol. The van der Waals surface area contributed by atoms with E-state index in [0.29, 0.717) is 0 Å². The zero-order valence-corrected chi connectivity index (χ0v) is 5.33. The summed E-state index contributed by atoms with van der Waals surface area (Å²) in [6.07, 6.45) is 3.53. The molecule has 2 heteroatoms. The quantitative estimate of drug-likeness (QED) is 0.514. The first-order chi connectivity index (χ1) is 3.93. The largest absolute Gasteiger partial charge is 0.264 e. The van der Waals surface area contributed by atoms with E-state index in [9.17, 15) is 0 Å². The Kier molecular flexibility index (Phi) is 1.76. The number of rotatable bonds is 1. The number of pyridine rings is 1. The van der Waals surface area contributed by atoms with Crippen LogP contribution in [0.25, 0.3) is 0 Å². The molecule has 0 fully saturated rings. The molecular formula is C6H6NP. The maximum absolute atomic E-state index is 3.89. The minimum absolute atomic E-state index is 1.09. The molecule has 0 amide bonds. The molecule has 0 aliphatic carbocycles. The van der Waals surface area contributed by atoms with Crippen LogP contribution >= 0.6 is 8.86 Å². The second kappa shape index (κ2) is 2.58. The fourth-order valence-electron chi connectivity index (χ4n) is 0.461. The van der Waals surface area contributed by atoms with Crippen molar-refractivity contribution in [3.05, 3.63) is 30.1 Å². The molecule has 0 atom stereocenters. The van der Waals surface area contributed by atoms with Crippen LogP contribution in [-0.4, -0.2) is 10.8 Å². The summed E-state index contributed by atoms with van der Waals surface area (Å²) in [5.74, 6) is 1.83. The molecule has 40 valence electrons. The van der Waals surface area contributed by atoms with Crippen molar-refractivity contribution >= 4 is 14.7 Å². The summed E-state index contributed by atoms with van der Waals surface area (Å²) in [5, 5.41) is 0. The predicted octanol–water partition coefficient (Wildman–Crippen LogP) is 1.37. The highest BCUT2D eigenvalue weighted by atomic mass is 31.0. The lowest BCUT2D eigenvalue weighted by atomic mass is 10.3. The average Bonchev–Trinajstić information content (AvgIpc) is 1.90. The first kappa shape index (κ1) is 5.46. The third-order valence-corrected chi connectivity index (χ3v) is 1.18. The van der Waals surface area contributed by atoms with Crippen molar-refractivity contribution in [2.75, 3.05) is 0 Å². The van der Waals surface area contributed by atoms with Gasteiger partial charge in [-0.3, -0.25) is 4.98 Å². The molecule has 0 aliphatic heterocycles. The lowest BCUT2D eigenvalue weighted by molar-refractivity contribution is 1.32. The van der Waals surface area contributed by atoms with Gasteiger partial charge in [-0.1, -0.05) is 6.07 Å². The van der Waals surface area contributed by atoms with E-state index in [4.69, 9.17) is 0 Å². The molecule has 0 saturated heterocycles. The van der Waals surface area contributed by atoms with Gasteiger partial charge >= 0.3 is 0 Å². The molecule has 0 unspecified atom stereocenters. The highest BCUT2D eigenvalue weighted by Crippen LogP contribution is 1.89. The molecule has 0 radical (unpaired) electrons. The lowest BCUT2D eigenvalue weighted by Gasteiger charge is -1.84. The molecule has 0 aliphatic rings. The van der Waals surface area contributed by atoms with Crippen LogP contribution in [0.3, 0.4) is 0 Å². The second-order valence-corrected chi connectivity index (χ2v) is 1.72. The van der Waals surface area contributed by atoms with Crippen molar-refractivity contribution in [1.82, 2.24) is 4.98 Å². The zero-order chi connectivity index (χ0) is 5.82. The third kappa shape index (κ3) is 1.14. The fraction of sp³-hybridized carbons (Fsp3) is 0. The van der Waals surface area contributed by atoms with Crippen LogP contribution in [0.5, 0.6) is 0 Å². The first-order valence-corrected chi connectivity index (χ1v) is 2.92. The first-order valence-electron chi connectivity index (χ1n) is 2.34. The van der Waals surface area contributed by atoms with E-state index in [1.54, 1.807) is 12.4 Å². The smallest absolute Gasteiger partial charge is 0.0343 e. The van der Waals surface area contributed by atoms with E-state index in [1.165, 1.54) is 0 Å². The molecule has 0 bridgehead atoms. The summed E-state index contributed by atoms with van der Waals surface area (Å²) in [4.78, 5) is 3.89. The third-order valence-electron chi connectivity index (χ3n) is 0.851. The summed E-state index contributed by atoms with van der Waals surface area (Å²) in [6.45, 7) is 0. The van der Waals surface area contributed by atoms with Gasteiger partial charge in [0.25, 0.3) is 0 Å². The normalized spacial score (nSPS) is 8.50. The lowest BCUT2D eigenvalue weighted by Crippen LogP contribution is -1.75. The van der Waals surface area contributed by atoms with Crippen LogP contribution in [0, 0.1) is 0 Å². The van der Waals surface area contributed by atoms with Crippen LogP contribution in [-0.2, 0) is 0 Å². The Morgan fingerprint density at radius 3 is 2.88 bits per heavy atom. The van der Waals surface area contributed by atoms with Gasteiger partial charge in [0.1, 0.15) is 0 Å². The molecule has 0 aromatic carbocycles. The minimum atomic E-state index is 1.09. The molecule has 0 saturated carbocycles. The summed E-state index contributed by atoms with van der Waals surface area (Å²) >= 11 is 0. The van der Waals surface area contributed by atoms with Crippen molar-refractivity contribution in [3.63, 3.8) is 0 Å². The topological polar surface area (TPSA) is 12.9 Å². The second-order valence-electron chi connectivity index (χ2n) is 1.43. The molecular weight excluding hydrogens is 117 g/mol. The maximum atomic E-state index is 3.89. The number of hydrogen-bond acceptors (Lipinski definition) is 1. The van der Waals surface area contributed by atoms with E-state index in [1.807, 2.05) is 17.9 Å². The van der Waals surface area contributed by atoms with Crippen LogP contribution in [0.1, 0.15) is 5.56 Å². The van der Waals surface area contributed by atoms with E-state index >= 15 is 0 Å². The Balaban J connectivity index is 2.99. The van der Waals surface area contributed by atoms with E-state index in [-0.39, 0.29) is 0 Å². The predicted molar refractivity (Wildman–Crippen MR) is 37.7 cm³/mol. The fourth-order valence-corrected chi connectivity index (χ4v) is 0.632. The number of aromatic nitrogens is 1. The SMILES string of the molecule is P=Cc1cccnc1. The zero-order valence-electron chi connectivity index (χ0n) is 4.33. The Morgan fingerprint density at radius 1 is 1.62 bits per heavy atom. The summed E-state index contributed by atoms with van der Waals surface area (Å²) in [7, 11) is 3.24. The maximum Gasteiger partial charge on any atom is 0.0343 e. The molecule has 1 heterocycles. The highest BCUT2D eigenvalue weighted by Gasteiger charge is 1.77.